The first-order chi connectivity index (χ1) is 8.16. The maximum Gasteiger partial charge on any atom is 0.165 e. The van der Waals surface area contributed by atoms with Crippen molar-refractivity contribution in [2.45, 2.75) is 20.3 Å². The Bertz CT molecular complexity index is 392. The zero-order valence-electron chi connectivity index (χ0n) is 10.6. The van der Waals surface area contributed by atoms with Crippen LogP contribution in [0.15, 0.2) is 6.07 Å². The molecule has 2 rings (SSSR count). The van der Waals surface area contributed by atoms with Gasteiger partial charge in [0.1, 0.15) is 0 Å². The number of nitrogens with zero attached hydrogens (tertiary/aromatic N) is 1. The van der Waals surface area contributed by atoms with Gasteiger partial charge in [-0.3, -0.25) is 9.69 Å². The van der Waals surface area contributed by atoms with Gasteiger partial charge in [-0.25, -0.2) is 0 Å². The fraction of sp³-hybridized carbons (Fsp3) is 0.615. The van der Waals surface area contributed by atoms with Crippen LogP contribution >= 0.6 is 0 Å². The largest absolute Gasteiger partial charge is 0.379 e. The van der Waals surface area contributed by atoms with E-state index in [1.165, 1.54) is 0 Å². The zero-order valence-corrected chi connectivity index (χ0v) is 10.6. The normalized spacial score (nSPS) is 17.3. The number of morpholine rings is 1. The number of H-pyrrole nitrogens is 1. The molecule has 0 amide bonds. The molecule has 1 saturated heterocycles. The van der Waals surface area contributed by atoms with Crippen molar-refractivity contribution in [2.24, 2.45) is 0 Å². The average molecular weight is 236 g/mol. The molecule has 0 saturated carbocycles. The number of ketones is 1. The lowest BCUT2D eigenvalue weighted by Crippen LogP contribution is -2.37. The van der Waals surface area contributed by atoms with Gasteiger partial charge in [0, 0.05) is 43.0 Å². The highest BCUT2D eigenvalue weighted by Gasteiger charge is 2.15. The molecular weight excluding hydrogens is 216 g/mol. The molecule has 0 aliphatic carbocycles. The Kier molecular flexibility index (Phi) is 3.97. The summed E-state index contributed by atoms with van der Waals surface area (Å²) in [7, 11) is 0. The van der Waals surface area contributed by atoms with Gasteiger partial charge in [0.05, 0.1) is 13.2 Å². The predicted molar refractivity (Wildman–Crippen MR) is 66.5 cm³/mol. The number of aromatic nitrogens is 1. The van der Waals surface area contributed by atoms with Crippen molar-refractivity contribution < 1.29 is 9.53 Å². The molecule has 0 aromatic carbocycles. The Balaban J connectivity index is 1.86. The molecule has 4 heteroatoms. The number of hydrogen-bond donors (Lipinski definition) is 1. The van der Waals surface area contributed by atoms with Crippen LogP contribution in [0.3, 0.4) is 0 Å². The summed E-state index contributed by atoms with van der Waals surface area (Å²) in [4.78, 5) is 17.5. The van der Waals surface area contributed by atoms with Crippen LogP contribution in [-0.2, 0) is 4.74 Å². The lowest BCUT2D eigenvalue weighted by molar-refractivity contribution is 0.0370. The number of hydrogen-bond acceptors (Lipinski definition) is 3. The van der Waals surface area contributed by atoms with Crippen LogP contribution in [0.2, 0.25) is 0 Å². The summed E-state index contributed by atoms with van der Waals surface area (Å²) >= 11 is 0. The Morgan fingerprint density at radius 1 is 1.41 bits per heavy atom. The van der Waals surface area contributed by atoms with Gasteiger partial charge in [0.2, 0.25) is 0 Å². The summed E-state index contributed by atoms with van der Waals surface area (Å²) < 4.78 is 5.28. The van der Waals surface area contributed by atoms with E-state index in [4.69, 9.17) is 4.74 Å². The molecule has 0 bridgehead atoms. The molecule has 1 aromatic heterocycles. The van der Waals surface area contributed by atoms with E-state index in [1.807, 2.05) is 19.9 Å². The summed E-state index contributed by atoms with van der Waals surface area (Å²) in [5, 5.41) is 0. The molecule has 4 nitrogen and oxygen atoms in total. The minimum atomic E-state index is 0.235. The molecule has 0 spiro atoms. The van der Waals surface area contributed by atoms with Gasteiger partial charge in [-0.15, -0.1) is 0 Å². The summed E-state index contributed by atoms with van der Waals surface area (Å²) in [6, 6.07) is 1.94. The van der Waals surface area contributed by atoms with Crippen molar-refractivity contribution in [3.05, 3.63) is 23.0 Å². The van der Waals surface area contributed by atoms with Crippen molar-refractivity contribution in [3.63, 3.8) is 0 Å². The minimum Gasteiger partial charge on any atom is -0.379 e. The zero-order chi connectivity index (χ0) is 12.3. The quantitative estimate of drug-likeness (QED) is 0.806. The fourth-order valence-electron chi connectivity index (χ4n) is 2.23. The maximum absolute atomic E-state index is 12.0. The number of ether oxygens (including phenoxy) is 1. The lowest BCUT2D eigenvalue weighted by atomic mass is 10.1. The van der Waals surface area contributed by atoms with Crippen LogP contribution < -0.4 is 0 Å². The smallest absolute Gasteiger partial charge is 0.165 e. The monoisotopic (exact) mass is 236 g/mol. The van der Waals surface area contributed by atoms with Gasteiger partial charge < -0.3 is 9.72 Å². The summed E-state index contributed by atoms with van der Waals surface area (Å²) in [5.41, 5.74) is 2.88. The van der Waals surface area contributed by atoms with E-state index in [0.29, 0.717) is 6.42 Å². The first-order valence-electron chi connectivity index (χ1n) is 6.16. The summed E-state index contributed by atoms with van der Waals surface area (Å²) in [6.07, 6.45) is 0.595. The average Bonchev–Trinajstić information content (AvgIpc) is 2.67. The molecule has 1 N–H and O–H groups in total. The Labute approximate surface area is 102 Å². The Morgan fingerprint density at radius 3 is 2.71 bits per heavy atom. The molecule has 94 valence electrons. The number of carbonyl (C=O) groups is 1. The van der Waals surface area contributed by atoms with E-state index in [-0.39, 0.29) is 5.78 Å². The SMILES string of the molecule is Cc1cc(C(=O)CCN2CCOCC2)c(C)[nH]1. The van der Waals surface area contributed by atoms with Crippen LogP contribution in [-0.4, -0.2) is 48.5 Å². The third-order valence-electron chi connectivity index (χ3n) is 3.21. The lowest BCUT2D eigenvalue weighted by Gasteiger charge is -2.26. The number of nitrogens with one attached hydrogen (secondary N) is 1. The first kappa shape index (κ1) is 12.3. The van der Waals surface area contributed by atoms with E-state index in [1.54, 1.807) is 0 Å². The molecule has 1 aliphatic rings. The van der Waals surface area contributed by atoms with E-state index in [9.17, 15) is 4.79 Å². The van der Waals surface area contributed by atoms with Crippen molar-refractivity contribution in [3.8, 4) is 0 Å². The molecule has 0 atom stereocenters. The van der Waals surface area contributed by atoms with Gasteiger partial charge in [-0.1, -0.05) is 0 Å². The van der Waals surface area contributed by atoms with Crippen molar-refractivity contribution in [1.82, 2.24) is 9.88 Å². The predicted octanol–water partition coefficient (Wildman–Crippen LogP) is 1.54. The van der Waals surface area contributed by atoms with Crippen LogP contribution in [0, 0.1) is 13.8 Å². The van der Waals surface area contributed by atoms with Crippen molar-refractivity contribution in [1.29, 1.82) is 0 Å². The number of carbonyl (C=O) groups excluding carboxylic acids is 1. The Morgan fingerprint density at radius 2 is 2.12 bits per heavy atom. The van der Waals surface area contributed by atoms with Crippen LogP contribution in [0.25, 0.3) is 0 Å². The molecule has 1 aliphatic heterocycles. The van der Waals surface area contributed by atoms with E-state index in [0.717, 1.165) is 49.8 Å². The van der Waals surface area contributed by atoms with Gasteiger partial charge >= 0.3 is 0 Å². The molecule has 1 aromatic rings. The molecule has 2 heterocycles. The van der Waals surface area contributed by atoms with E-state index < -0.39 is 0 Å². The molecule has 0 radical (unpaired) electrons. The van der Waals surface area contributed by atoms with Crippen molar-refractivity contribution in [2.75, 3.05) is 32.8 Å². The molecule has 17 heavy (non-hydrogen) atoms. The molecule has 0 unspecified atom stereocenters. The summed E-state index contributed by atoms with van der Waals surface area (Å²) in [6.45, 7) is 8.23. The molecular formula is C13H20N2O2. The van der Waals surface area contributed by atoms with Crippen LogP contribution in [0.4, 0.5) is 0 Å². The highest BCUT2D eigenvalue weighted by molar-refractivity contribution is 5.97. The topological polar surface area (TPSA) is 45.3 Å². The van der Waals surface area contributed by atoms with E-state index in [2.05, 4.69) is 9.88 Å². The second kappa shape index (κ2) is 5.47. The number of rotatable bonds is 4. The van der Waals surface area contributed by atoms with Crippen LogP contribution in [0.5, 0.6) is 0 Å². The van der Waals surface area contributed by atoms with Gasteiger partial charge in [-0.2, -0.15) is 0 Å². The second-order valence-corrected chi connectivity index (χ2v) is 4.62. The van der Waals surface area contributed by atoms with Gasteiger partial charge in [0.25, 0.3) is 0 Å². The van der Waals surface area contributed by atoms with Crippen molar-refractivity contribution >= 4 is 5.78 Å². The number of aryl methyl sites for hydroxylation is 2. The number of Topliss-reactive ketones (excluding diaryl/α,β-unsaturated/α-hetero) is 1. The van der Waals surface area contributed by atoms with E-state index >= 15 is 0 Å². The highest BCUT2D eigenvalue weighted by Crippen LogP contribution is 2.12. The highest BCUT2D eigenvalue weighted by atomic mass is 16.5. The maximum atomic E-state index is 12.0. The van der Waals surface area contributed by atoms with Crippen LogP contribution in [0.1, 0.15) is 28.2 Å². The minimum absolute atomic E-state index is 0.235. The second-order valence-electron chi connectivity index (χ2n) is 4.62. The Hall–Kier alpha value is -1.13. The number of aromatic amines is 1. The standard InChI is InChI=1S/C13H20N2O2/c1-10-9-12(11(2)14-10)13(16)3-4-15-5-7-17-8-6-15/h9,14H,3-8H2,1-2H3. The third-order valence-corrected chi connectivity index (χ3v) is 3.21. The van der Waals surface area contributed by atoms with Gasteiger partial charge in [-0.05, 0) is 19.9 Å². The third kappa shape index (κ3) is 3.17. The first-order valence-corrected chi connectivity index (χ1v) is 6.16. The fourth-order valence-corrected chi connectivity index (χ4v) is 2.23. The molecule has 1 fully saturated rings. The van der Waals surface area contributed by atoms with Gasteiger partial charge in [0.15, 0.2) is 5.78 Å². The summed E-state index contributed by atoms with van der Waals surface area (Å²) in [5.74, 6) is 0.235.